The fraction of sp³-hybridized carbons (Fsp3) is 0.294. The zero-order valence-electron chi connectivity index (χ0n) is 13.3. The standard InChI is InChI=1S/C17H21N2O3/c1-12(5-10-16(20)18-22)11-13(2)17(21)14-6-8-15(9-7-14)19(3)4/h5-11,13H,1-4H3,(H-,18,20,22)/q-1/b10-5+,12-11+/t13-/m1/s1. The van der Waals surface area contributed by atoms with Gasteiger partial charge in [-0.15, -0.1) is 0 Å². The molecule has 0 aliphatic rings. The van der Waals surface area contributed by atoms with E-state index in [0.29, 0.717) is 5.56 Å². The van der Waals surface area contributed by atoms with Gasteiger partial charge in [-0.2, -0.15) is 0 Å². The van der Waals surface area contributed by atoms with Gasteiger partial charge in [0.2, 0.25) is 5.91 Å². The maximum atomic E-state index is 12.3. The number of ketones is 1. The number of amides is 1. The van der Waals surface area contributed by atoms with Crippen LogP contribution >= 0.6 is 0 Å². The van der Waals surface area contributed by atoms with Crippen LogP contribution < -0.4 is 10.4 Å². The van der Waals surface area contributed by atoms with Gasteiger partial charge in [-0.25, -0.2) is 0 Å². The summed E-state index contributed by atoms with van der Waals surface area (Å²) in [5.74, 6) is -1.03. The lowest BCUT2D eigenvalue weighted by Gasteiger charge is -2.13. The van der Waals surface area contributed by atoms with Crippen LogP contribution in [0, 0.1) is 11.1 Å². The van der Waals surface area contributed by atoms with Crippen LogP contribution in [0.5, 0.6) is 0 Å². The van der Waals surface area contributed by atoms with E-state index in [-0.39, 0.29) is 11.7 Å². The molecule has 0 saturated heterocycles. The number of carbonyl (C=O) groups is 2. The van der Waals surface area contributed by atoms with Gasteiger partial charge in [0.25, 0.3) is 0 Å². The van der Waals surface area contributed by atoms with Gasteiger partial charge in [-0.3, -0.25) is 9.59 Å². The summed E-state index contributed by atoms with van der Waals surface area (Å²) in [5.41, 5.74) is 3.68. The van der Waals surface area contributed by atoms with Crippen molar-refractivity contribution in [1.82, 2.24) is 5.48 Å². The molecule has 0 aliphatic heterocycles. The molecular formula is C17H21N2O3-. The Bertz CT molecular complexity index is 586. The van der Waals surface area contributed by atoms with Gasteiger partial charge in [-0.05, 0) is 31.2 Å². The first-order chi connectivity index (χ1) is 10.3. The van der Waals surface area contributed by atoms with Gasteiger partial charge in [-0.1, -0.05) is 24.6 Å². The number of hydroxylamine groups is 1. The van der Waals surface area contributed by atoms with Gasteiger partial charge < -0.3 is 15.6 Å². The van der Waals surface area contributed by atoms with Crippen molar-refractivity contribution in [2.45, 2.75) is 13.8 Å². The Kier molecular flexibility index (Phi) is 6.53. The fourth-order valence-corrected chi connectivity index (χ4v) is 1.95. The van der Waals surface area contributed by atoms with E-state index in [1.165, 1.54) is 11.6 Å². The van der Waals surface area contributed by atoms with Crippen LogP contribution in [0.3, 0.4) is 0 Å². The molecule has 118 valence electrons. The molecule has 0 unspecified atom stereocenters. The molecule has 0 aromatic heterocycles. The summed E-state index contributed by atoms with van der Waals surface area (Å²) in [5, 5.41) is 10.1. The molecule has 1 N–H and O–H groups in total. The molecule has 5 heteroatoms. The van der Waals surface area contributed by atoms with Crippen molar-refractivity contribution in [3.8, 4) is 0 Å². The van der Waals surface area contributed by atoms with Crippen molar-refractivity contribution in [2.24, 2.45) is 5.92 Å². The number of hydrogen-bond acceptors (Lipinski definition) is 4. The molecule has 1 amide bonds. The zero-order valence-corrected chi connectivity index (χ0v) is 13.3. The molecule has 0 radical (unpaired) electrons. The third kappa shape index (κ3) is 5.18. The predicted molar refractivity (Wildman–Crippen MR) is 88.7 cm³/mol. The van der Waals surface area contributed by atoms with Gasteiger partial charge in [0.1, 0.15) is 0 Å². The SMILES string of the molecule is CC(/C=C/C(=O)N[O-])=C\[C@@H](C)C(=O)c1ccc(N(C)C)cc1. The average molecular weight is 301 g/mol. The Morgan fingerprint density at radius 2 is 1.77 bits per heavy atom. The number of anilines is 1. The zero-order chi connectivity index (χ0) is 16.7. The minimum absolute atomic E-state index is 0.00586. The molecule has 0 fully saturated rings. The van der Waals surface area contributed by atoms with Crippen LogP contribution in [0.4, 0.5) is 5.69 Å². The van der Waals surface area contributed by atoms with Crippen LogP contribution in [0.1, 0.15) is 24.2 Å². The van der Waals surface area contributed by atoms with Crippen molar-refractivity contribution in [3.05, 3.63) is 58.8 Å². The monoisotopic (exact) mass is 301 g/mol. The lowest BCUT2D eigenvalue weighted by Crippen LogP contribution is -2.12. The highest BCUT2D eigenvalue weighted by Gasteiger charge is 2.13. The molecule has 0 saturated carbocycles. The second kappa shape index (κ2) is 8.14. The third-order valence-corrected chi connectivity index (χ3v) is 3.19. The van der Waals surface area contributed by atoms with Crippen molar-refractivity contribution < 1.29 is 9.59 Å². The van der Waals surface area contributed by atoms with Crippen LogP contribution in [0.15, 0.2) is 48.1 Å². The van der Waals surface area contributed by atoms with Crippen molar-refractivity contribution in [2.75, 3.05) is 19.0 Å². The smallest absolute Gasteiger partial charge is 0.233 e. The predicted octanol–water partition coefficient (Wildman–Crippen LogP) is 2.69. The molecule has 0 bridgehead atoms. The largest absolute Gasteiger partial charge is 0.759 e. The highest BCUT2D eigenvalue weighted by molar-refractivity contribution is 5.99. The van der Waals surface area contributed by atoms with Gasteiger partial charge in [0.15, 0.2) is 5.78 Å². The molecular weight excluding hydrogens is 280 g/mol. The maximum Gasteiger partial charge on any atom is 0.233 e. The minimum Gasteiger partial charge on any atom is -0.759 e. The Labute approximate surface area is 130 Å². The van der Waals surface area contributed by atoms with Crippen LogP contribution in [-0.2, 0) is 4.79 Å². The van der Waals surface area contributed by atoms with E-state index >= 15 is 0 Å². The van der Waals surface area contributed by atoms with Gasteiger partial charge >= 0.3 is 0 Å². The number of rotatable bonds is 6. The number of carbonyl (C=O) groups excluding carboxylic acids is 2. The van der Waals surface area contributed by atoms with Crippen LogP contribution in [-0.4, -0.2) is 25.8 Å². The second-order valence-corrected chi connectivity index (χ2v) is 5.30. The average Bonchev–Trinajstić information content (AvgIpc) is 2.51. The Morgan fingerprint density at radius 3 is 2.27 bits per heavy atom. The summed E-state index contributed by atoms with van der Waals surface area (Å²) in [4.78, 5) is 25.1. The third-order valence-electron chi connectivity index (χ3n) is 3.19. The molecule has 5 nitrogen and oxygen atoms in total. The van der Waals surface area contributed by atoms with E-state index in [2.05, 4.69) is 0 Å². The topological polar surface area (TPSA) is 72.5 Å². The first kappa shape index (κ1) is 17.7. The number of allylic oxidation sites excluding steroid dienone is 3. The quantitative estimate of drug-likeness (QED) is 0.379. The van der Waals surface area contributed by atoms with E-state index in [1.807, 2.05) is 31.1 Å². The molecule has 0 spiro atoms. The minimum atomic E-state index is -0.717. The van der Waals surface area contributed by atoms with E-state index in [0.717, 1.165) is 17.3 Å². The first-order valence-electron chi connectivity index (χ1n) is 6.95. The Balaban J connectivity index is 2.79. The first-order valence-corrected chi connectivity index (χ1v) is 6.95. The van der Waals surface area contributed by atoms with E-state index in [1.54, 1.807) is 32.1 Å². The molecule has 22 heavy (non-hydrogen) atoms. The molecule has 1 atom stereocenters. The number of hydrogen-bond donors (Lipinski definition) is 1. The number of nitrogens with zero attached hydrogens (tertiary/aromatic N) is 1. The number of benzene rings is 1. The van der Waals surface area contributed by atoms with Crippen molar-refractivity contribution in [1.29, 1.82) is 0 Å². The highest BCUT2D eigenvalue weighted by Crippen LogP contribution is 2.17. The Morgan fingerprint density at radius 1 is 1.18 bits per heavy atom. The highest BCUT2D eigenvalue weighted by atomic mass is 16.5. The summed E-state index contributed by atoms with van der Waals surface area (Å²) in [6.07, 6.45) is 4.41. The van der Waals surface area contributed by atoms with E-state index in [4.69, 9.17) is 0 Å². The van der Waals surface area contributed by atoms with Gasteiger partial charge in [0.05, 0.1) is 0 Å². The molecule has 1 aromatic carbocycles. The van der Waals surface area contributed by atoms with Crippen LogP contribution in [0.2, 0.25) is 0 Å². The summed E-state index contributed by atoms with van der Waals surface area (Å²) in [7, 11) is 3.88. The summed E-state index contributed by atoms with van der Waals surface area (Å²) in [6.45, 7) is 3.57. The van der Waals surface area contributed by atoms with E-state index in [9.17, 15) is 14.8 Å². The summed E-state index contributed by atoms with van der Waals surface area (Å²) < 4.78 is 0. The Hall–Kier alpha value is -2.40. The molecule has 1 rings (SSSR count). The van der Waals surface area contributed by atoms with E-state index < -0.39 is 5.91 Å². The van der Waals surface area contributed by atoms with Gasteiger partial charge in [0, 0.05) is 37.3 Å². The van der Waals surface area contributed by atoms with Crippen molar-refractivity contribution in [3.63, 3.8) is 0 Å². The number of nitrogens with one attached hydrogen (secondary N) is 1. The molecule has 0 heterocycles. The lowest BCUT2D eigenvalue weighted by atomic mass is 9.97. The van der Waals surface area contributed by atoms with Crippen LogP contribution in [0.25, 0.3) is 0 Å². The fourth-order valence-electron chi connectivity index (χ4n) is 1.95. The summed E-state index contributed by atoms with van der Waals surface area (Å²) >= 11 is 0. The maximum absolute atomic E-state index is 12.3. The number of Topliss-reactive ketones (excluding diaryl/α,β-unsaturated/α-hetero) is 1. The lowest BCUT2D eigenvalue weighted by molar-refractivity contribution is -0.115. The molecule has 0 aliphatic carbocycles. The normalized spacial score (nSPS) is 13.0. The molecule has 1 aromatic rings. The summed E-state index contributed by atoms with van der Waals surface area (Å²) in [6, 6.07) is 7.40. The second-order valence-electron chi connectivity index (χ2n) is 5.30. The van der Waals surface area contributed by atoms with Crippen molar-refractivity contribution >= 4 is 17.4 Å².